The second kappa shape index (κ2) is 20.7. The number of nitrogens with zero attached hydrogens (tertiary/aromatic N) is 2. The number of aliphatic imine (C=N–C) groups is 1. The number of H-pyrrole nitrogens is 1. The fraction of sp³-hybridized carbons (Fsp3) is 0.690. The maximum Gasteiger partial charge on any atom is 0.326 e. The van der Waals surface area contributed by atoms with Crippen molar-refractivity contribution in [3.05, 3.63) is 18.2 Å². The van der Waals surface area contributed by atoms with Gasteiger partial charge in [0.15, 0.2) is 5.96 Å². The van der Waals surface area contributed by atoms with Crippen LogP contribution in [0.3, 0.4) is 0 Å². The van der Waals surface area contributed by atoms with Gasteiger partial charge in [0.2, 0.25) is 23.6 Å². The smallest absolute Gasteiger partial charge is 0.326 e. The van der Waals surface area contributed by atoms with Crippen molar-refractivity contribution in [2.75, 3.05) is 13.1 Å². The number of carboxylic acid groups (broad SMARTS) is 1. The Morgan fingerprint density at radius 3 is 1.96 bits per heavy atom. The minimum atomic E-state index is -1.25. The molecular weight excluding hydrogens is 598 g/mol. The van der Waals surface area contributed by atoms with E-state index in [0.29, 0.717) is 31.5 Å². The Kier molecular flexibility index (Phi) is 17.9. The Balaban J connectivity index is 3.15. The first-order valence-corrected chi connectivity index (χ1v) is 15.6. The van der Waals surface area contributed by atoms with Crippen LogP contribution in [0.2, 0.25) is 0 Å². The summed E-state index contributed by atoms with van der Waals surface area (Å²) in [5.41, 5.74) is 22.8. The van der Waals surface area contributed by atoms with Crippen LogP contribution in [0.4, 0.5) is 0 Å². The summed E-state index contributed by atoms with van der Waals surface area (Å²) in [7, 11) is 0. The molecule has 14 N–H and O–H groups in total. The van der Waals surface area contributed by atoms with Crippen molar-refractivity contribution in [1.82, 2.24) is 31.2 Å². The maximum absolute atomic E-state index is 13.6. The van der Waals surface area contributed by atoms with Gasteiger partial charge in [0.1, 0.15) is 24.2 Å². The third kappa shape index (κ3) is 15.2. The molecule has 1 aromatic rings. The molecule has 0 aliphatic carbocycles. The minimum absolute atomic E-state index is 0.0443. The molecule has 0 spiro atoms. The second-order valence-corrected chi connectivity index (χ2v) is 12.0. The molecule has 0 aliphatic heterocycles. The molecule has 1 heterocycles. The predicted octanol–water partition coefficient (Wildman–Crippen LogP) is -1.81. The number of hydrogen-bond donors (Lipinski definition) is 10. The van der Waals surface area contributed by atoms with Crippen LogP contribution in [0.5, 0.6) is 0 Å². The van der Waals surface area contributed by atoms with Gasteiger partial charge in [0, 0.05) is 24.9 Å². The Morgan fingerprint density at radius 2 is 1.41 bits per heavy atom. The van der Waals surface area contributed by atoms with Crippen LogP contribution >= 0.6 is 0 Å². The quantitative estimate of drug-likeness (QED) is 0.0378. The Morgan fingerprint density at radius 1 is 0.848 bits per heavy atom. The first kappa shape index (κ1) is 39.8. The van der Waals surface area contributed by atoms with Crippen molar-refractivity contribution in [2.24, 2.45) is 39.8 Å². The van der Waals surface area contributed by atoms with Crippen LogP contribution in [0.25, 0.3) is 0 Å². The van der Waals surface area contributed by atoms with E-state index in [0.717, 1.165) is 0 Å². The zero-order chi connectivity index (χ0) is 34.8. The molecule has 0 fully saturated rings. The van der Waals surface area contributed by atoms with Gasteiger partial charge < -0.3 is 54.3 Å². The summed E-state index contributed by atoms with van der Waals surface area (Å²) in [6.45, 7) is 7.83. The summed E-state index contributed by atoms with van der Waals surface area (Å²) in [4.78, 5) is 75.7. The zero-order valence-corrected chi connectivity index (χ0v) is 27.3. The lowest BCUT2D eigenvalue weighted by Crippen LogP contribution is -2.59. The fourth-order valence-electron chi connectivity index (χ4n) is 4.44. The maximum atomic E-state index is 13.6. The second-order valence-electron chi connectivity index (χ2n) is 12.0. The average Bonchev–Trinajstić information content (AvgIpc) is 3.49. The molecule has 46 heavy (non-hydrogen) atoms. The highest BCUT2D eigenvalue weighted by molar-refractivity contribution is 5.95. The van der Waals surface area contributed by atoms with Gasteiger partial charge in [0.05, 0.1) is 12.4 Å². The van der Waals surface area contributed by atoms with Crippen molar-refractivity contribution < 1.29 is 29.1 Å². The van der Waals surface area contributed by atoms with Crippen LogP contribution in [-0.2, 0) is 30.4 Å². The number of carboxylic acids is 1. The largest absolute Gasteiger partial charge is 0.480 e. The van der Waals surface area contributed by atoms with Crippen LogP contribution in [0.15, 0.2) is 17.5 Å². The van der Waals surface area contributed by atoms with Crippen molar-refractivity contribution in [2.45, 2.75) is 103 Å². The van der Waals surface area contributed by atoms with Gasteiger partial charge in [-0.1, -0.05) is 27.7 Å². The molecule has 17 nitrogen and oxygen atoms in total. The van der Waals surface area contributed by atoms with Gasteiger partial charge in [-0.25, -0.2) is 9.78 Å². The number of carbonyl (C=O) groups excluding carboxylic acids is 4. The van der Waals surface area contributed by atoms with E-state index in [4.69, 9.17) is 22.9 Å². The summed E-state index contributed by atoms with van der Waals surface area (Å²) in [5, 5.41) is 20.3. The number of imidazole rings is 1. The molecule has 5 atom stereocenters. The van der Waals surface area contributed by atoms with Crippen LogP contribution in [0.1, 0.15) is 71.9 Å². The van der Waals surface area contributed by atoms with E-state index < -0.39 is 59.8 Å². The molecule has 4 amide bonds. The van der Waals surface area contributed by atoms with Gasteiger partial charge in [0.25, 0.3) is 0 Å². The lowest BCUT2D eigenvalue weighted by molar-refractivity contribution is -0.142. The van der Waals surface area contributed by atoms with Crippen molar-refractivity contribution in [3.63, 3.8) is 0 Å². The molecular formula is C29H53N11O6. The molecule has 1 rings (SSSR count). The summed E-state index contributed by atoms with van der Waals surface area (Å²) < 4.78 is 0. The van der Waals surface area contributed by atoms with Crippen LogP contribution < -0.4 is 44.2 Å². The molecule has 17 heteroatoms. The van der Waals surface area contributed by atoms with E-state index in [2.05, 4.69) is 36.2 Å². The number of aromatic nitrogens is 2. The molecule has 1 aromatic heterocycles. The monoisotopic (exact) mass is 651 g/mol. The fourth-order valence-corrected chi connectivity index (χ4v) is 4.44. The number of unbranched alkanes of at least 4 members (excludes halogenated alkanes) is 1. The molecule has 260 valence electrons. The van der Waals surface area contributed by atoms with Gasteiger partial charge in [-0.2, -0.15) is 0 Å². The number of hydrogen-bond acceptors (Lipinski definition) is 9. The molecule has 0 saturated heterocycles. The number of amides is 4. The highest BCUT2D eigenvalue weighted by Crippen LogP contribution is 2.10. The van der Waals surface area contributed by atoms with E-state index in [9.17, 15) is 29.1 Å². The van der Waals surface area contributed by atoms with Gasteiger partial charge in [-0.15, -0.1) is 0 Å². The lowest BCUT2D eigenvalue weighted by Gasteiger charge is -2.27. The van der Waals surface area contributed by atoms with E-state index in [1.807, 2.05) is 13.8 Å². The standard InChI is InChI=1S/C29H53N11O6/c1-16(2)12-21(39-26(43)22(13-18-14-34-15-36-18)40-27(44)23(31)17(3)4)25(42)37-19(8-5-6-10-30)24(41)38-20(28(45)46)9-7-11-35-29(32)33/h14-17,19-23H,5-13,30-31H2,1-4H3,(H,34,36)(H,37,42)(H,38,41)(H,39,43)(H,40,44)(H,45,46)(H4,32,33,35). The zero-order valence-electron chi connectivity index (χ0n) is 27.3. The van der Waals surface area contributed by atoms with E-state index in [1.165, 1.54) is 12.5 Å². The number of guanidine groups is 1. The number of aliphatic carboxylic acids is 1. The summed E-state index contributed by atoms with van der Waals surface area (Å²) in [6, 6.07) is -5.37. The van der Waals surface area contributed by atoms with Crippen molar-refractivity contribution >= 4 is 35.6 Å². The summed E-state index contributed by atoms with van der Waals surface area (Å²) >= 11 is 0. The van der Waals surface area contributed by atoms with Gasteiger partial charge in [-0.05, 0) is 56.9 Å². The normalized spacial score (nSPS) is 14.4. The molecule has 0 aromatic carbocycles. The highest BCUT2D eigenvalue weighted by Gasteiger charge is 2.32. The Bertz CT molecular complexity index is 1140. The third-order valence-electron chi connectivity index (χ3n) is 7.11. The number of carbonyl (C=O) groups is 5. The topological polar surface area (TPSA) is 299 Å². The SMILES string of the molecule is CC(C)CC(NC(=O)C(Cc1cnc[nH]1)NC(=O)C(N)C(C)C)C(=O)NC(CCCCN)C(=O)NC(CCCN=C(N)N)C(=O)O. The molecule has 0 aliphatic rings. The average molecular weight is 652 g/mol. The molecule has 0 radical (unpaired) electrons. The van der Waals surface area contributed by atoms with Crippen molar-refractivity contribution in [1.29, 1.82) is 0 Å². The van der Waals surface area contributed by atoms with E-state index >= 15 is 0 Å². The van der Waals surface area contributed by atoms with Crippen molar-refractivity contribution in [3.8, 4) is 0 Å². The van der Waals surface area contributed by atoms with E-state index in [-0.39, 0.29) is 50.0 Å². The third-order valence-corrected chi connectivity index (χ3v) is 7.11. The van der Waals surface area contributed by atoms with E-state index in [1.54, 1.807) is 13.8 Å². The molecule has 0 bridgehead atoms. The number of nitrogens with two attached hydrogens (primary N) is 4. The Hall–Kier alpha value is -4.25. The summed E-state index contributed by atoms with van der Waals surface area (Å²) in [6.07, 6.45) is 4.81. The first-order chi connectivity index (χ1) is 21.7. The first-order valence-electron chi connectivity index (χ1n) is 15.6. The number of aromatic amines is 1. The lowest BCUT2D eigenvalue weighted by atomic mass is 10.00. The predicted molar refractivity (Wildman–Crippen MR) is 173 cm³/mol. The molecule has 0 saturated carbocycles. The van der Waals surface area contributed by atoms with Crippen LogP contribution in [0, 0.1) is 11.8 Å². The number of rotatable bonds is 22. The molecule has 5 unspecified atom stereocenters. The van der Waals surface area contributed by atoms with Crippen LogP contribution in [-0.4, -0.2) is 93.9 Å². The number of nitrogens with one attached hydrogen (secondary N) is 5. The summed E-state index contributed by atoms with van der Waals surface area (Å²) in [5.74, 6) is -4.10. The highest BCUT2D eigenvalue weighted by atomic mass is 16.4. The Labute approximate surface area is 269 Å². The van der Waals surface area contributed by atoms with Gasteiger partial charge >= 0.3 is 5.97 Å². The minimum Gasteiger partial charge on any atom is -0.480 e. The van der Waals surface area contributed by atoms with Gasteiger partial charge in [-0.3, -0.25) is 24.2 Å².